The van der Waals surface area contributed by atoms with Crippen molar-refractivity contribution in [1.29, 1.82) is 0 Å². The molecule has 2 aromatic carbocycles. The number of hydrogen-bond donors (Lipinski definition) is 1. The van der Waals surface area contributed by atoms with Crippen LogP contribution in [0.15, 0.2) is 41.3 Å². The number of carbonyl (C=O) groups excluding carboxylic acids is 1. The van der Waals surface area contributed by atoms with Gasteiger partial charge in [-0.1, -0.05) is 31.5 Å². The number of methoxy groups -OCH3 is 1. The van der Waals surface area contributed by atoms with Crippen molar-refractivity contribution in [3.8, 4) is 5.75 Å². The van der Waals surface area contributed by atoms with E-state index in [4.69, 9.17) is 4.74 Å². The van der Waals surface area contributed by atoms with Crippen LogP contribution in [0.3, 0.4) is 0 Å². The summed E-state index contributed by atoms with van der Waals surface area (Å²) in [5, 5.41) is 3.02. The van der Waals surface area contributed by atoms with Gasteiger partial charge < -0.3 is 10.1 Å². The molecule has 0 spiro atoms. The number of ether oxygens (including phenoxy) is 1. The zero-order valence-corrected chi connectivity index (χ0v) is 18.2. The molecule has 0 fully saturated rings. The summed E-state index contributed by atoms with van der Waals surface area (Å²) in [6.07, 6.45) is 0. The molecule has 1 N–H and O–H groups in total. The van der Waals surface area contributed by atoms with Gasteiger partial charge in [-0.15, -0.1) is 11.8 Å². The molecule has 0 saturated heterocycles. The van der Waals surface area contributed by atoms with Crippen molar-refractivity contribution in [3.05, 3.63) is 58.7 Å². The largest absolute Gasteiger partial charge is 0.496 e. The Bertz CT molecular complexity index is 784. The summed E-state index contributed by atoms with van der Waals surface area (Å²) in [7, 11) is 1.70. The third kappa shape index (κ3) is 5.52. The fraction of sp³-hybridized carbons (Fsp3) is 0.435. The number of thioether (sulfide) groups is 1. The van der Waals surface area contributed by atoms with Crippen molar-refractivity contribution < 1.29 is 9.53 Å². The highest BCUT2D eigenvalue weighted by molar-refractivity contribution is 8.00. The summed E-state index contributed by atoms with van der Waals surface area (Å²) in [4.78, 5) is 13.8. The fourth-order valence-corrected chi connectivity index (χ4v) is 3.97. The number of rotatable bonds is 7. The van der Waals surface area contributed by atoms with Crippen LogP contribution in [0.2, 0.25) is 0 Å². The van der Waals surface area contributed by atoms with Crippen LogP contribution in [0.25, 0.3) is 0 Å². The predicted octanol–water partition coefficient (Wildman–Crippen LogP) is 5.79. The van der Waals surface area contributed by atoms with Gasteiger partial charge in [0.1, 0.15) is 5.75 Å². The van der Waals surface area contributed by atoms with Gasteiger partial charge >= 0.3 is 0 Å². The van der Waals surface area contributed by atoms with E-state index in [-0.39, 0.29) is 17.2 Å². The normalized spacial score (nSPS) is 13.3. The molecule has 0 aliphatic rings. The van der Waals surface area contributed by atoms with Crippen LogP contribution in [0.1, 0.15) is 61.9 Å². The van der Waals surface area contributed by atoms with Gasteiger partial charge in [-0.2, -0.15) is 0 Å². The van der Waals surface area contributed by atoms with Crippen molar-refractivity contribution >= 4 is 17.7 Å². The van der Waals surface area contributed by atoms with Gasteiger partial charge in [0.15, 0.2) is 0 Å². The van der Waals surface area contributed by atoms with E-state index in [1.165, 1.54) is 11.1 Å². The van der Waals surface area contributed by atoms with Gasteiger partial charge in [-0.05, 0) is 74.6 Å². The van der Waals surface area contributed by atoms with Gasteiger partial charge in [0, 0.05) is 4.90 Å². The molecule has 0 aromatic heterocycles. The monoisotopic (exact) mass is 385 g/mol. The zero-order valence-electron chi connectivity index (χ0n) is 17.4. The van der Waals surface area contributed by atoms with E-state index in [1.807, 2.05) is 13.8 Å². The van der Waals surface area contributed by atoms with Gasteiger partial charge in [0.05, 0.1) is 18.4 Å². The average molecular weight is 386 g/mol. The fourth-order valence-electron chi connectivity index (χ4n) is 3.09. The molecule has 0 saturated carbocycles. The molecule has 27 heavy (non-hydrogen) atoms. The SMILES string of the molecule is COc1cc(C)c([C@@H](C)NC(=O)[C@H](C)Sc2ccc(C)cc2)cc1C(C)C. The van der Waals surface area contributed by atoms with Gasteiger partial charge in [-0.25, -0.2) is 0 Å². The topological polar surface area (TPSA) is 38.3 Å². The molecular formula is C23H31NO2S. The molecule has 2 aromatic rings. The molecule has 4 heteroatoms. The first-order chi connectivity index (χ1) is 12.7. The third-order valence-corrected chi connectivity index (χ3v) is 5.88. The minimum atomic E-state index is -0.154. The molecule has 0 aliphatic heterocycles. The summed E-state index contributed by atoms with van der Waals surface area (Å²) in [5.41, 5.74) is 4.66. The van der Waals surface area contributed by atoms with Crippen molar-refractivity contribution in [1.82, 2.24) is 5.32 Å². The average Bonchev–Trinajstić information content (AvgIpc) is 2.62. The smallest absolute Gasteiger partial charge is 0.233 e. The lowest BCUT2D eigenvalue weighted by atomic mass is 9.93. The van der Waals surface area contributed by atoms with E-state index in [2.05, 4.69) is 69.4 Å². The van der Waals surface area contributed by atoms with Gasteiger partial charge in [0.25, 0.3) is 0 Å². The summed E-state index contributed by atoms with van der Waals surface area (Å²) in [6.45, 7) is 12.4. The highest BCUT2D eigenvalue weighted by atomic mass is 32.2. The summed E-state index contributed by atoms with van der Waals surface area (Å²) >= 11 is 1.58. The second-order valence-electron chi connectivity index (χ2n) is 7.41. The quantitative estimate of drug-likeness (QED) is 0.613. The lowest BCUT2D eigenvalue weighted by molar-refractivity contribution is -0.120. The van der Waals surface area contributed by atoms with E-state index in [0.717, 1.165) is 21.8 Å². The van der Waals surface area contributed by atoms with E-state index < -0.39 is 0 Å². The van der Waals surface area contributed by atoms with Crippen LogP contribution in [0.4, 0.5) is 0 Å². The van der Waals surface area contributed by atoms with E-state index in [9.17, 15) is 4.79 Å². The first kappa shape index (κ1) is 21.4. The van der Waals surface area contributed by atoms with Crippen LogP contribution < -0.4 is 10.1 Å². The Morgan fingerprint density at radius 1 is 1.00 bits per heavy atom. The van der Waals surface area contributed by atoms with Gasteiger partial charge in [0.2, 0.25) is 5.91 Å². The van der Waals surface area contributed by atoms with Crippen LogP contribution in [-0.2, 0) is 4.79 Å². The molecular weight excluding hydrogens is 354 g/mol. The summed E-state index contributed by atoms with van der Waals surface area (Å²) < 4.78 is 5.53. The lowest BCUT2D eigenvalue weighted by Crippen LogP contribution is -2.33. The molecule has 0 aliphatic carbocycles. The van der Waals surface area contributed by atoms with Crippen molar-refractivity contribution in [2.75, 3.05) is 7.11 Å². The van der Waals surface area contributed by atoms with Crippen molar-refractivity contribution in [2.24, 2.45) is 0 Å². The third-order valence-electron chi connectivity index (χ3n) is 4.77. The second-order valence-corrected chi connectivity index (χ2v) is 8.82. The Morgan fingerprint density at radius 2 is 1.63 bits per heavy atom. The van der Waals surface area contributed by atoms with Gasteiger partial charge in [-0.3, -0.25) is 4.79 Å². The Labute approximate surface area is 167 Å². The van der Waals surface area contributed by atoms with Crippen LogP contribution in [-0.4, -0.2) is 18.3 Å². The molecule has 3 nitrogen and oxygen atoms in total. The Morgan fingerprint density at radius 3 is 2.19 bits per heavy atom. The standard InChI is InChI=1S/C23H31NO2S/c1-14(2)20-13-21(16(4)12-22(20)26-7)17(5)24-23(25)18(6)27-19-10-8-15(3)9-11-19/h8-14,17-18H,1-7H3,(H,24,25)/t17-,18+/m1/s1. The lowest BCUT2D eigenvalue weighted by Gasteiger charge is -2.22. The molecule has 0 radical (unpaired) electrons. The predicted molar refractivity (Wildman–Crippen MR) is 115 cm³/mol. The highest BCUT2D eigenvalue weighted by Gasteiger charge is 2.20. The number of aryl methyl sites for hydroxylation is 2. The highest BCUT2D eigenvalue weighted by Crippen LogP contribution is 2.32. The van der Waals surface area contributed by atoms with Crippen molar-refractivity contribution in [3.63, 3.8) is 0 Å². The van der Waals surface area contributed by atoms with E-state index in [1.54, 1.807) is 18.9 Å². The molecule has 2 rings (SSSR count). The Balaban J connectivity index is 2.11. The minimum absolute atomic E-state index is 0.0504. The maximum atomic E-state index is 12.7. The molecule has 0 bridgehead atoms. The minimum Gasteiger partial charge on any atom is -0.496 e. The number of nitrogens with one attached hydrogen (secondary N) is 1. The molecule has 146 valence electrons. The number of carbonyl (C=O) groups is 1. The van der Waals surface area contributed by atoms with E-state index >= 15 is 0 Å². The number of hydrogen-bond acceptors (Lipinski definition) is 3. The number of amides is 1. The summed E-state index contributed by atoms with van der Waals surface area (Å²) in [5.74, 6) is 1.32. The second kappa shape index (κ2) is 9.32. The first-order valence-corrected chi connectivity index (χ1v) is 10.3. The van der Waals surface area contributed by atoms with Crippen molar-refractivity contribution in [2.45, 2.75) is 63.6 Å². The van der Waals surface area contributed by atoms with Crippen LogP contribution >= 0.6 is 11.8 Å². The summed E-state index contributed by atoms with van der Waals surface area (Å²) in [6, 6.07) is 12.5. The molecule has 0 heterocycles. The molecule has 0 unspecified atom stereocenters. The van der Waals surface area contributed by atoms with Crippen LogP contribution in [0.5, 0.6) is 5.75 Å². The zero-order chi connectivity index (χ0) is 20.1. The first-order valence-electron chi connectivity index (χ1n) is 9.45. The van der Waals surface area contributed by atoms with E-state index in [0.29, 0.717) is 5.92 Å². The maximum absolute atomic E-state index is 12.7. The number of benzene rings is 2. The molecule has 2 atom stereocenters. The Hall–Kier alpha value is -1.94. The van der Waals surface area contributed by atoms with Crippen LogP contribution in [0, 0.1) is 13.8 Å². The molecule has 1 amide bonds. The Kier molecular flexibility index (Phi) is 7.37. The maximum Gasteiger partial charge on any atom is 0.233 e.